The van der Waals surface area contributed by atoms with Crippen molar-refractivity contribution in [3.05, 3.63) is 11.8 Å². The van der Waals surface area contributed by atoms with Gasteiger partial charge in [-0.05, 0) is 26.3 Å². The van der Waals surface area contributed by atoms with Crippen LogP contribution >= 0.6 is 0 Å². The lowest BCUT2D eigenvalue weighted by atomic mass is 10.2. The lowest BCUT2D eigenvalue weighted by Crippen LogP contribution is -2.47. The third-order valence-corrected chi connectivity index (χ3v) is 6.22. The Bertz CT molecular complexity index is 308. The molecule has 5 heteroatoms. The van der Waals surface area contributed by atoms with Gasteiger partial charge >= 0.3 is 0 Å². The monoisotopic (exact) mass is 250 g/mol. The van der Waals surface area contributed by atoms with Crippen molar-refractivity contribution in [2.75, 3.05) is 23.9 Å². The maximum atomic E-state index is 11.8. The molecule has 0 saturated carbocycles. The summed E-state index contributed by atoms with van der Waals surface area (Å²) in [4.78, 5) is 0. The van der Waals surface area contributed by atoms with Gasteiger partial charge in [-0.15, -0.1) is 0 Å². The van der Waals surface area contributed by atoms with E-state index in [4.69, 9.17) is 4.74 Å². The van der Waals surface area contributed by atoms with Gasteiger partial charge in [0, 0.05) is 38.9 Å². The van der Waals surface area contributed by atoms with Crippen LogP contribution in [0.15, 0.2) is 11.8 Å². The topological polar surface area (TPSA) is 43.4 Å². The summed E-state index contributed by atoms with van der Waals surface area (Å²) < 4.78 is 28.2. The summed E-state index contributed by atoms with van der Waals surface area (Å²) in [6.07, 6.45) is 1.67. The third-order valence-electron chi connectivity index (χ3n) is 2.22. The first-order valence-corrected chi connectivity index (χ1v) is 7.73. The Kier molecular flexibility index (Phi) is 4.52. The molecule has 0 aromatic heterocycles. The van der Waals surface area contributed by atoms with Gasteiger partial charge in [-0.1, -0.05) is 0 Å². The zero-order chi connectivity index (χ0) is 11.5. The molecule has 1 saturated heterocycles. The maximum Gasteiger partial charge on any atom is 0.105 e. The van der Waals surface area contributed by atoms with E-state index in [1.54, 1.807) is 6.26 Å². The quantitative estimate of drug-likeness (QED) is 0.707. The second kappa shape index (κ2) is 5.25. The van der Waals surface area contributed by atoms with Gasteiger partial charge in [0.15, 0.2) is 0 Å². The minimum atomic E-state index is -0.926. The highest BCUT2D eigenvalue weighted by atomic mass is 32.2. The fourth-order valence-corrected chi connectivity index (χ4v) is 5.26. The molecule has 0 bridgehead atoms. The Morgan fingerprint density at radius 1 is 1.40 bits per heavy atom. The summed E-state index contributed by atoms with van der Waals surface area (Å²) >= 11 is 0. The van der Waals surface area contributed by atoms with Crippen molar-refractivity contribution in [3.63, 3.8) is 0 Å². The van der Waals surface area contributed by atoms with Crippen LogP contribution in [0.2, 0.25) is 0 Å². The molecule has 88 valence electrons. The van der Waals surface area contributed by atoms with Gasteiger partial charge in [-0.3, -0.25) is 8.42 Å². The molecule has 0 aromatic rings. The fourth-order valence-electron chi connectivity index (χ4n) is 1.39. The lowest BCUT2D eigenvalue weighted by molar-refractivity contribution is 0.221. The smallest absolute Gasteiger partial charge is 0.105 e. The number of ether oxygens (including phenoxy) is 1. The van der Waals surface area contributed by atoms with Gasteiger partial charge in [0.05, 0.1) is 11.0 Å². The number of hydrogen-bond acceptors (Lipinski definition) is 3. The average Bonchev–Trinajstić information content (AvgIpc) is 2.11. The van der Waals surface area contributed by atoms with Crippen LogP contribution in [0.4, 0.5) is 0 Å². The molecule has 3 atom stereocenters. The fraction of sp³-hybridized carbons (Fsp3) is 0.800. The summed E-state index contributed by atoms with van der Waals surface area (Å²) in [5.41, 5.74) is 1.07. The van der Waals surface area contributed by atoms with Crippen molar-refractivity contribution in [2.24, 2.45) is 0 Å². The highest BCUT2D eigenvalue weighted by molar-refractivity contribution is 7.93. The van der Waals surface area contributed by atoms with Crippen molar-refractivity contribution in [1.82, 2.24) is 0 Å². The van der Waals surface area contributed by atoms with Crippen LogP contribution in [-0.4, -0.2) is 37.0 Å². The Balaban J connectivity index is 2.59. The summed E-state index contributed by atoms with van der Waals surface area (Å²) in [7, 11) is -1.76. The predicted octanol–water partition coefficient (Wildman–Crippen LogP) is 1.20. The molecule has 1 rings (SSSR count). The van der Waals surface area contributed by atoms with Gasteiger partial charge in [0.25, 0.3) is 0 Å². The highest BCUT2D eigenvalue weighted by Crippen LogP contribution is 2.21. The van der Waals surface area contributed by atoms with Crippen LogP contribution < -0.4 is 0 Å². The molecule has 1 fully saturated rings. The van der Waals surface area contributed by atoms with Gasteiger partial charge in [0.2, 0.25) is 0 Å². The van der Waals surface area contributed by atoms with Gasteiger partial charge in [-0.2, -0.15) is 0 Å². The molecule has 1 aliphatic rings. The van der Waals surface area contributed by atoms with Gasteiger partial charge in [0.1, 0.15) is 6.61 Å². The molecule has 0 radical (unpaired) electrons. The largest absolute Gasteiger partial charge is 0.500 e. The molecule has 0 amide bonds. The van der Waals surface area contributed by atoms with Crippen LogP contribution in [0.25, 0.3) is 0 Å². The van der Waals surface area contributed by atoms with E-state index >= 15 is 0 Å². The first-order valence-electron chi connectivity index (χ1n) is 4.92. The average molecular weight is 250 g/mol. The van der Waals surface area contributed by atoms with Crippen molar-refractivity contribution < 1.29 is 13.2 Å². The van der Waals surface area contributed by atoms with E-state index in [-0.39, 0.29) is 0 Å². The van der Waals surface area contributed by atoms with Crippen LogP contribution in [0.3, 0.4) is 0 Å². The van der Waals surface area contributed by atoms with E-state index in [1.165, 1.54) is 0 Å². The SMILES string of the molecule is CC(C)=COCC1(C)CS(=O)CCS1=O. The molecule has 1 aliphatic heterocycles. The van der Waals surface area contributed by atoms with Crippen LogP contribution in [0.1, 0.15) is 20.8 Å². The van der Waals surface area contributed by atoms with Crippen LogP contribution in [0, 0.1) is 0 Å². The Hall–Kier alpha value is -0.160. The Morgan fingerprint density at radius 3 is 2.67 bits per heavy atom. The van der Waals surface area contributed by atoms with Crippen molar-refractivity contribution in [3.8, 4) is 0 Å². The molecule has 3 nitrogen and oxygen atoms in total. The summed E-state index contributed by atoms with van der Waals surface area (Å²) in [5.74, 6) is 1.57. The van der Waals surface area contributed by atoms with Crippen molar-refractivity contribution >= 4 is 21.6 Å². The zero-order valence-electron chi connectivity index (χ0n) is 9.45. The molecule has 0 aliphatic carbocycles. The van der Waals surface area contributed by atoms with E-state index < -0.39 is 26.3 Å². The number of rotatable bonds is 3. The Labute approximate surface area is 96.2 Å². The minimum absolute atomic E-state index is 0.385. The molecular weight excluding hydrogens is 232 g/mol. The van der Waals surface area contributed by atoms with E-state index in [0.717, 1.165) is 5.57 Å². The van der Waals surface area contributed by atoms with Gasteiger partial charge in [-0.25, -0.2) is 0 Å². The van der Waals surface area contributed by atoms with E-state index in [0.29, 0.717) is 23.9 Å². The minimum Gasteiger partial charge on any atom is -0.500 e. The van der Waals surface area contributed by atoms with Crippen LogP contribution in [0.5, 0.6) is 0 Å². The van der Waals surface area contributed by atoms with Crippen LogP contribution in [-0.2, 0) is 26.3 Å². The standard InChI is InChI=1S/C10H18O3S2/c1-9(2)6-13-7-10(3)8-14(11)4-5-15(10)12/h6H,4-5,7-8H2,1-3H3. The molecule has 1 heterocycles. The Morgan fingerprint density at radius 2 is 2.07 bits per heavy atom. The molecule has 0 N–H and O–H groups in total. The maximum absolute atomic E-state index is 11.8. The molecule has 0 spiro atoms. The highest BCUT2D eigenvalue weighted by Gasteiger charge is 2.38. The predicted molar refractivity (Wildman–Crippen MR) is 64.7 cm³/mol. The number of hydrogen-bond donors (Lipinski definition) is 0. The van der Waals surface area contributed by atoms with E-state index in [1.807, 2.05) is 20.8 Å². The van der Waals surface area contributed by atoms with Gasteiger partial charge < -0.3 is 4.74 Å². The zero-order valence-corrected chi connectivity index (χ0v) is 11.1. The molecule has 0 aromatic carbocycles. The third kappa shape index (κ3) is 3.72. The normalized spacial score (nSPS) is 35.9. The van der Waals surface area contributed by atoms with Crippen molar-refractivity contribution in [2.45, 2.75) is 25.5 Å². The second-order valence-corrected chi connectivity index (χ2v) is 7.96. The summed E-state index contributed by atoms with van der Waals surface area (Å²) in [6.45, 7) is 6.16. The first-order chi connectivity index (χ1) is 6.94. The summed E-state index contributed by atoms with van der Waals surface area (Å²) in [6, 6.07) is 0. The van der Waals surface area contributed by atoms with E-state index in [2.05, 4.69) is 0 Å². The summed E-state index contributed by atoms with van der Waals surface area (Å²) in [5, 5.41) is 0. The number of allylic oxidation sites excluding steroid dienone is 1. The molecular formula is C10H18O3S2. The second-order valence-electron chi connectivity index (χ2n) is 4.29. The lowest BCUT2D eigenvalue weighted by Gasteiger charge is -2.31. The molecule has 3 unspecified atom stereocenters. The first kappa shape index (κ1) is 12.9. The molecule has 15 heavy (non-hydrogen) atoms. The van der Waals surface area contributed by atoms with E-state index in [9.17, 15) is 8.42 Å². The van der Waals surface area contributed by atoms with Crippen molar-refractivity contribution in [1.29, 1.82) is 0 Å².